The molecule has 0 radical (unpaired) electrons. The Labute approximate surface area is 110 Å². The molecule has 18 heavy (non-hydrogen) atoms. The van der Waals surface area contributed by atoms with Gasteiger partial charge in [0.15, 0.2) is 0 Å². The van der Waals surface area contributed by atoms with E-state index in [0.717, 1.165) is 18.7 Å². The van der Waals surface area contributed by atoms with Gasteiger partial charge in [-0.2, -0.15) is 0 Å². The molecule has 0 saturated carbocycles. The molecule has 0 spiro atoms. The third kappa shape index (κ3) is 4.67. The second-order valence-electron chi connectivity index (χ2n) is 4.81. The van der Waals surface area contributed by atoms with Crippen LogP contribution in [-0.2, 0) is 0 Å². The van der Waals surface area contributed by atoms with Crippen molar-refractivity contribution in [2.24, 2.45) is 0 Å². The Morgan fingerprint density at radius 3 is 2.61 bits per heavy atom. The lowest BCUT2D eigenvalue weighted by Gasteiger charge is -2.19. The van der Waals surface area contributed by atoms with Gasteiger partial charge in [0.2, 0.25) is 0 Å². The Balaban J connectivity index is 2.67. The van der Waals surface area contributed by atoms with Gasteiger partial charge >= 0.3 is 0 Å². The van der Waals surface area contributed by atoms with Crippen molar-refractivity contribution < 1.29 is 9.84 Å². The van der Waals surface area contributed by atoms with E-state index in [-0.39, 0.29) is 6.10 Å². The number of aliphatic hydroxyl groups excluding tert-OH is 1. The molecular formula is C15H25NO2. The predicted octanol–water partition coefficient (Wildman–Crippen LogP) is 2.90. The van der Waals surface area contributed by atoms with Crippen molar-refractivity contribution in [3.8, 4) is 5.75 Å². The van der Waals surface area contributed by atoms with Gasteiger partial charge in [-0.25, -0.2) is 0 Å². The van der Waals surface area contributed by atoms with Gasteiger partial charge in [0.1, 0.15) is 11.9 Å². The Kier molecular flexibility index (Phi) is 6.16. The van der Waals surface area contributed by atoms with Crippen molar-refractivity contribution in [1.82, 2.24) is 5.32 Å². The first-order chi connectivity index (χ1) is 8.54. The first-order valence-electron chi connectivity index (χ1n) is 6.72. The third-order valence-corrected chi connectivity index (χ3v) is 3.06. The van der Waals surface area contributed by atoms with Crippen LogP contribution in [0.25, 0.3) is 0 Å². The Morgan fingerprint density at radius 1 is 1.28 bits per heavy atom. The summed E-state index contributed by atoms with van der Waals surface area (Å²) in [7, 11) is 0. The summed E-state index contributed by atoms with van der Waals surface area (Å²) in [5.41, 5.74) is 1.21. The smallest absolute Gasteiger partial charge is 0.121 e. The van der Waals surface area contributed by atoms with E-state index in [1.54, 1.807) is 6.92 Å². The average Bonchev–Trinajstić information content (AvgIpc) is 2.36. The van der Waals surface area contributed by atoms with Crippen molar-refractivity contribution in [3.05, 3.63) is 29.8 Å². The van der Waals surface area contributed by atoms with Crippen molar-refractivity contribution in [1.29, 1.82) is 0 Å². The fraction of sp³-hybridized carbons (Fsp3) is 0.600. The van der Waals surface area contributed by atoms with Gasteiger partial charge in [0, 0.05) is 6.04 Å². The second kappa shape index (κ2) is 7.39. The van der Waals surface area contributed by atoms with Crippen LogP contribution in [0.4, 0.5) is 0 Å². The van der Waals surface area contributed by atoms with E-state index in [4.69, 9.17) is 4.74 Å². The topological polar surface area (TPSA) is 41.5 Å². The van der Waals surface area contributed by atoms with Crippen molar-refractivity contribution in [3.63, 3.8) is 0 Å². The average molecular weight is 251 g/mol. The van der Waals surface area contributed by atoms with E-state index in [1.807, 2.05) is 25.1 Å². The summed E-state index contributed by atoms with van der Waals surface area (Å²) < 4.78 is 5.69. The van der Waals surface area contributed by atoms with Crippen LogP contribution in [0.5, 0.6) is 5.75 Å². The van der Waals surface area contributed by atoms with Crippen molar-refractivity contribution in [2.75, 3.05) is 6.54 Å². The van der Waals surface area contributed by atoms with Crippen LogP contribution in [0, 0.1) is 0 Å². The molecule has 1 aromatic rings. The van der Waals surface area contributed by atoms with E-state index < -0.39 is 6.10 Å². The molecule has 0 aliphatic carbocycles. The van der Waals surface area contributed by atoms with Gasteiger partial charge in [0.25, 0.3) is 0 Å². The normalized spacial score (nSPS) is 16.1. The Bertz CT molecular complexity index is 352. The van der Waals surface area contributed by atoms with Gasteiger partial charge < -0.3 is 15.2 Å². The van der Waals surface area contributed by atoms with Crippen molar-refractivity contribution in [2.45, 2.75) is 52.4 Å². The number of benzene rings is 1. The molecule has 0 heterocycles. The van der Waals surface area contributed by atoms with Crippen LogP contribution in [0.1, 0.15) is 45.7 Å². The molecule has 0 fully saturated rings. The fourth-order valence-corrected chi connectivity index (χ4v) is 1.65. The first-order valence-corrected chi connectivity index (χ1v) is 6.72. The minimum atomic E-state index is -0.468. The Hall–Kier alpha value is -1.06. The molecule has 0 aliphatic rings. The molecule has 3 unspecified atom stereocenters. The Morgan fingerprint density at radius 2 is 2.00 bits per heavy atom. The number of nitrogens with one attached hydrogen (secondary N) is 1. The summed E-state index contributed by atoms with van der Waals surface area (Å²) in [5, 5.41) is 12.9. The zero-order valence-corrected chi connectivity index (χ0v) is 11.8. The standard InChI is InChI=1S/C15H25NO2/c1-5-9-16-11(2)14-7-6-8-15(10-14)18-13(4)12(3)17/h6-8,10-13,16-17H,5,9H2,1-4H3. The molecule has 1 aromatic carbocycles. The molecule has 1 rings (SSSR count). The van der Waals surface area contributed by atoms with Crippen LogP contribution in [-0.4, -0.2) is 23.9 Å². The van der Waals surface area contributed by atoms with E-state index >= 15 is 0 Å². The molecule has 3 heteroatoms. The van der Waals surface area contributed by atoms with Gasteiger partial charge in [-0.1, -0.05) is 19.1 Å². The minimum Gasteiger partial charge on any atom is -0.488 e. The van der Waals surface area contributed by atoms with Crippen LogP contribution in [0.2, 0.25) is 0 Å². The number of hydrogen-bond acceptors (Lipinski definition) is 3. The van der Waals surface area contributed by atoms with Gasteiger partial charge in [-0.15, -0.1) is 0 Å². The summed E-state index contributed by atoms with van der Waals surface area (Å²) in [5.74, 6) is 0.811. The molecule has 102 valence electrons. The van der Waals surface area contributed by atoms with E-state index in [1.165, 1.54) is 5.56 Å². The molecule has 2 N–H and O–H groups in total. The molecule has 0 aromatic heterocycles. The first kappa shape index (κ1) is 15.0. The second-order valence-corrected chi connectivity index (χ2v) is 4.81. The maximum atomic E-state index is 9.44. The van der Waals surface area contributed by atoms with E-state index in [2.05, 4.69) is 25.2 Å². The highest BCUT2D eigenvalue weighted by atomic mass is 16.5. The predicted molar refractivity (Wildman–Crippen MR) is 74.9 cm³/mol. The maximum Gasteiger partial charge on any atom is 0.121 e. The van der Waals surface area contributed by atoms with Crippen molar-refractivity contribution >= 4 is 0 Å². The van der Waals surface area contributed by atoms with Crippen LogP contribution < -0.4 is 10.1 Å². The minimum absolute atomic E-state index is 0.195. The van der Waals surface area contributed by atoms with E-state index in [9.17, 15) is 5.11 Å². The largest absolute Gasteiger partial charge is 0.488 e. The summed E-state index contributed by atoms with van der Waals surface area (Å²) >= 11 is 0. The summed E-state index contributed by atoms with van der Waals surface area (Å²) in [4.78, 5) is 0. The maximum absolute atomic E-state index is 9.44. The lowest BCUT2D eigenvalue weighted by atomic mass is 10.1. The van der Waals surface area contributed by atoms with Gasteiger partial charge in [-0.3, -0.25) is 0 Å². The molecular weight excluding hydrogens is 226 g/mol. The summed E-state index contributed by atoms with van der Waals surface area (Å²) in [6, 6.07) is 8.35. The highest BCUT2D eigenvalue weighted by Gasteiger charge is 2.11. The highest BCUT2D eigenvalue weighted by molar-refractivity contribution is 5.30. The fourth-order valence-electron chi connectivity index (χ4n) is 1.65. The number of rotatable bonds is 7. The number of aliphatic hydroxyl groups is 1. The van der Waals surface area contributed by atoms with Crippen LogP contribution >= 0.6 is 0 Å². The molecule has 3 nitrogen and oxygen atoms in total. The van der Waals surface area contributed by atoms with Gasteiger partial charge in [0.05, 0.1) is 6.10 Å². The zero-order chi connectivity index (χ0) is 13.5. The molecule has 0 saturated heterocycles. The molecule has 3 atom stereocenters. The SMILES string of the molecule is CCCNC(C)c1cccc(OC(C)C(C)O)c1. The highest BCUT2D eigenvalue weighted by Crippen LogP contribution is 2.20. The van der Waals surface area contributed by atoms with E-state index in [0.29, 0.717) is 6.04 Å². The number of hydrogen-bond donors (Lipinski definition) is 2. The number of ether oxygens (including phenoxy) is 1. The molecule has 0 aliphatic heterocycles. The molecule has 0 amide bonds. The lowest BCUT2D eigenvalue weighted by molar-refractivity contribution is 0.0604. The van der Waals surface area contributed by atoms with Crippen LogP contribution in [0.15, 0.2) is 24.3 Å². The monoisotopic (exact) mass is 251 g/mol. The van der Waals surface area contributed by atoms with Gasteiger partial charge in [-0.05, 0) is 51.4 Å². The summed E-state index contributed by atoms with van der Waals surface area (Å²) in [6.45, 7) is 8.92. The zero-order valence-electron chi connectivity index (χ0n) is 11.8. The quantitative estimate of drug-likeness (QED) is 0.783. The molecule has 0 bridgehead atoms. The van der Waals surface area contributed by atoms with Crippen LogP contribution in [0.3, 0.4) is 0 Å². The lowest BCUT2D eigenvalue weighted by Crippen LogP contribution is -2.25. The summed E-state index contributed by atoms with van der Waals surface area (Å²) in [6.07, 6.45) is 0.461. The third-order valence-electron chi connectivity index (χ3n) is 3.06.